The highest BCUT2D eigenvalue weighted by atomic mass is 16.3. The fourth-order valence-corrected chi connectivity index (χ4v) is 8.61. The molecule has 29 heavy (non-hydrogen) atoms. The van der Waals surface area contributed by atoms with Crippen LogP contribution in [0.25, 0.3) is 0 Å². The fourth-order valence-electron chi connectivity index (χ4n) is 8.61. The van der Waals surface area contributed by atoms with Crippen molar-refractivity contribution >= 4 is 0 Å². The minimum absolute atomic E-state index is 0.331. The molecule has 0 amide bonds. The molecule has 0 aromatic heterocycles. The molecule has 164 valence electrons. The minimum Gasteiger partial charge on any atom is -0.513 e. The molecule has 3 saturated carbocycles. The molecule has 3 fully saturated rings. The largest absolute Gasteiger partial charge is 0.513 e. The van der Waals surface area contributed by atoms with Gasteiger partial charge in [-0.05, 0) is 112 Å². The van der Waals surface area contributed by atoms with Crippen molar-refractivity contribution in [1.29, 1.82) is 0 Å². The van der Waals surface area contributed by atoms with Crippen molar-refractivity contribution in [3.05, 3.63) is 24.0 Å². The van der Waals surface area contributed by atoms with Crippen molar-refractivity contribution in [2.75, 3.05) is 0 Å². The van der Waals surface area contributed by atoms with Crippen LogP contribution in [0.15, 0.2) is 24.0 Å². The van der Waals surface area contributed by atoms with Crippen LogP contribution in [0.4, 0.5) is 0 Å². The average molecular weight is 401 g/mol. The topological polar surface area (TPSA) is 40.5 Å². The van der Waals surface area contributed by atoms with E-state index in [4.69, 9.17) is 0 Å². The average Bonchev–Trinajstić information content (AvgIpc) is 2.99. The van der Waals surface area contributed by atoms with Crippen LogP contribution in [0.5, 0.6) is 0 Å². The van der Waals surface area contributed by atoms with Crippen LogP contribution in [0.1, 0.15) is 98.3 Å². The summed E-state index contributed by atoms with van der Waals surface area (Å²) in [7, 11) is 0. The maximum atomic E-state index is 10.7. The highest BCUT2D eigenvalue weighted by Crippen LogP contribution is 2.67. The lowest BCUT2D eigenvalue weighted by atomic mass is 9.46. The lowest BCUT2D eigenvalue weighted by Crippen LogP contribution is -2.52. The van der Waals surface area contributed by atoms with Crippen LogP contribution in [0.3, 0.4) is 0 Å². The third-order valence-electron chi connectivity index (χ3n) is 10.3. The van der Waals surface area contributed by atoms with Crippen LogP contribution < -0.4 is 0 Å². The van der Waals surface area contributed by atoms with E-state index in [2.05, 4.69) is 33.4 Å². The van der Waals surface area contributed by atoms with E-state index < -0.39 is 5.60 Å². The Morgan fingerprint density at radius 3 is 2.62 bits per heavy atom. The maximum absolute atomic E-state index is 10.7. The Kier molecular flexibility index (Phi) is 5.50. The Bertz CT molecular complexity index is 676. The molecule has 0 aromatic carbocycles. The van der Waals surface area contributed by atoms with E-state index in [0.29, 0.717) is 16.6 Å². The predicted octanol–water partition coefficient (Wildman–Crippen LogP) is 7.19. The second-order valence-corrected chi connectivity index (χ2v) is 12.1. The third-order valence-corrected chi connectivity index (χ3v) is 10.3. The van der Waals surface area contributed by atoms with Crippen molar-refractivity contribution in [1.82, 2.24) is 0 Å². The summed E-state index contributed by atoms with van der Waals surface area (Å²) in [6.07, 6.45) is 15.5. The van der Waals surface area contributed by atoms with Gasteiger partial charge in [-0.15, -0.1) is 0 Å². The molecule has 0 aromatic rings. The van der Waals surface area contributed by atoms with Crippen molar-refractivity contribution in [3.8, 4) is 0 Å². The highest BCUT2D eigenvalue weighted by Gasteiger charge is 2.59. The Morgan fingerprint density at radius 1 is 1.14 bits per heavy atom. The van der Waals surface area contributed by atoms with Gasteiger partial charge in [0.15, 0.2) is 0 Å². The van der Waals surface area contributed by atoms with E-state index in [-0.39, 0.29) is 0 Å². The molecular weight excluding hydrogens is 356 g/mol. The van der Waals surface area contributed by atoms with E-state index in [0.717, 1.165) is 55.3 Å². The van der Waals surface area contributed by atoms with Gasteiger partial charge in [0.2, 0.25) is 0 Å². The summed E-state index contributed by atoms with van der Waals surface area (Å²) in [4.78, 5) is 0. The zero-order valence-electron chi connectivity index (χ0n) is 19.3. The number of allylic oxidation sites excluding steroid dienone is 2. The van der Waals surface area contributed by atoms with Gasteiger partial charge in [-0.1, -0.05) is 39.0 Å². The van der Waals surface area contributed by atoms with Gasteiger partial charge >= 0.3 is 0 Å². The minimum atomic E-state index is -0.491. The van der Waals surface area contributed by atoms with Crippen LogP contribution in [0, 0.1) is 40.4 Å². The summed E-state index contributed by atoms with van der Waals surface area (Å²) in [5.41, 5.74) is 1.91. The monoisotopic (exact) mass is 400 g/mol. The quantitative estimate of drug-likeness (QED) is 0.378. The number of aliphatic hydroxyl groups excluding tert-OH is 1. The summed E-state index contributed by atoms with van der Waals surface area (Å²) < 4.78 is 0. The second kappa shape index (κ2) is 7.43. The fraction of sp³-hybridized carbons (Fsp3) is 0.852. The van der Waals surface area contributed by atoms with E-state index in [9.17, 15) is 10.2 Å². The molecular formula is C27H44O2. The lowest BCUT2D eigenvalue weighted by molar-refractivity contribution is -0.0705. The molecule has 4 aliphatic rings. The van der Waals surface area contributed by atoms with E-state index in [1.54, 1.807) is 5.57 Å². The zero-order chi connectivity index (χ0) is 21.0. The standard InChI is InChI=1S/C27H44O2/c1-18(7-6-8-19(2)28)22-11-12-23-21-10-9-20-17-25(3,29)15-16-26(20,4)24(21)13-14-27(22,23)5/h9,18,21-24,28-29H,2,6-8,10-17H2,1,3-5H3/t18-,21+,22-,23+,24+,25+,26+,27-/m1/s1. The van der Waals surface area contributed by atoms with Gasteiger partial charge in [0.25, 0.3) is 0 Å². The van der Waals surface area contributed by atoms with Gasteiger partial charge in [-0.3, -0.25) is 0 Å². The molecule has 0 heterocycles. The molecule has 0 bridgehead atoms. The van der Waals surface area contributed by atoms with Crippen molar-refractivity contribution in [3.63, 3.8) is 0 Å². The number of fused-ring (bicyclic) bond motifs is 5. The summed E-state index contributed by atoms with van der Waals surface area (Å²) in [6, 6.07) is 0. The first-order chi connectivity index (χ1) is 13.6. The maximum Gasteiger partial charge on any atom is 0.0851 e. The summed E-state index contributed by atoms with van der Waals surface area (Å²) in [5, 5.41) is 20.1. The Balaban J connectivity index is 1.50. The normalized spacial score (nSPS) is 47.6. The molecule has 0 radical (unpaired) electrons. The number of hydrogen-bond acceptors (Lipinski definition) is 2. The van der Waals surface area contributed by atoms with Gasteiger partial charge in [0, 0.05) is 6.42 Å². The summed E-state index contributed by atoms with van der Waals surface area (Å²) in [5.74, 6) is 4.47. The first kappa shape index (κ1) is 21.5. The Morgan fingerprint density at radius 2 is 1.90 bits per heavy atom. The lowest BCUT2D eigenvalue weighted by Gasteiger charge is -2.59. The molecule has 4 rings (SSSR count). The molecule has 0 spiro atoms. The molecule has 2 nitrogen and oxygen atoms in total. The molecule has 0 unspecified atom stereocenters. The second-order valence-electron chi connectivity index (χ2n) is 12.1. The summed E-state index contributed by atoms with van der Waals surface area (Å²) >= 11 is 0. The molecule has 4 aliphatic carbocycles. The van der Waals surface area contributed by atoms with E-state index in [1.165, 1.54) is 44.9 Å². The van der Waals surface area contributed by atoms with Gasteiger partial charge in [0.05, 0.1) is 11.4 Å². The smallest absolute Gasteiger partial charge is 0.0851 e. The number of hydrogen-bond donors (Lipinski definition) is 2. The number of aliphatic hydroxyl groups is 2. The van der Waals surface area contributed by atoms with E-state index in [1.807, 2.05) is 6.92 Å². The van der Waals surface area contributed by atoms with Gasteiger partial charge in [-0.25, -0.2) is 0 Å². The van der Waals surface area contributed by atoms with Crippen molar-refractivity contribution in [2.24, 2.45) is 40.4 Å². The molecule has 8 atom stereocenters. The van der Waals surface area contributed by atoms with Crippen LogP contribution >= 0.6 is 0 Å². The van der Waals surface area contributed by atoms with Crippen LogP contribution in [-0.2, 0) is 0 Å². The van der Waals surface area contributed by atoms with Gasteiger partial charge in [-0.2, -0.15) is 0 Å². The molecule has 2 N–H and O–H groups in total. The number of rotatable bonds is 5. The van der Waals surface area contributed by atoms with Crippen LogP contribution in [-0.4, -0.2) is 15.8 Å². The predicted molar refractivity (Wildman–Crippen MR) is 121 cm³/mol. The van der Waals surface area contributed by atoms with Crippen molar-refractivity contribution in [2.45, 2.75) is 104 Å². The molecule has 0 saturated heterocycles. The Labute approximate surface area is 178 Å². The third kappa shape index (κ3) is 3.62. The highest BCUT2D eigenvalue weighted by molar-refractivity contribution is 5.26. The zero-order valence-corrected chi connectivity index (χ0v) is 19.3. The molecule has 0 aliphatic heterocycles. The first-order valence-corrected chi connectivity index (χ1v) is 12.4. The van der Waals surface area contributed by atoms with Crippen LogP contribution in [0.2, 0.25) is 0 Å². The van der Waals surface area contributed by atoms with E-state index >= 15 is 0 Å². The Hall–Kier alpha value is -0.760. The van der Waals surface area contributed by atoms with Gasteiger partial charge in [0.1, 0.15) is 0 Å². The summed E-state index contributed by atoms with van der Waals surface area (Å²) in [6.45, 7) is 13.3. The van der Waals surface area contributed by atoms with Gasteiger partial charge < -0.3 is 10.2 Å². The molecule has 2 heteroatoms. The van der Waals surface area contributed by atoms with Crippen molar-refractivity contribution < 1.29 is 10.2 Å². The SMILES string of the molecule is C=C(O)CCC[C@@H](C)[C@H]1CC[C@H]2[C@@H]3CC=C4C[C@@](C)(O)CC[C@]4(C)[C@H]3CC[C@]12C. The first-order valence-electron chi connectivity index (χ1n) is 12.4.